The summed E-state index contributed by atoms with van der Waals surface area (Å²) in [5.74, 6) is -0.170. The molecule has 0 bridgehead atoms. The van der Waals surface area contributed by atoms with Gasteiger partial charge in [0.1, 0.15) is 11.1 Å². The van der Waals surface area contributed by atoms with Crippen molar-refractivity contribution in [2.24, 2.45) is 5.92 Å². The van der Waals surface area contributed by atoms with Crippen molar-refractivity contribution in [3.63, 3.8) is 0 Å². The van der Waals surface area contributed by atoms with Crippen LogP contribution >= 0.6 is 11.6 Å². The number of rotatable bonds is 13. The van der Waals surface area contributed by atoms with Crippen LogP contribution < -0.4 is 9.47 Å². The molecule has 3 nitrogen and oxygen atoms in total. The van der Waals surface area contributed by atoms with Crippen LogP contribution in [0.15, 0.2) is 42.5 Å². The normalized spacial score (nSPS) is 12.1. The van der Waals surface area contributed by atoms with Gasteiger partial charge in [0.2, 0.25) is 0 Å². The average Bonchev–Trinajstić information content (AvgIpc) is 2.76. The second kappa shape index (κ2) is 13.4. The number of carbonyl (C=O) groups is 1. The Labute approximate surface area is 190 Å². The molecule has 2 aromatic rings. The average molecular weight is 449 g/mol. The van der Waals surface area contributed by atoms with Crippen LogP contribution in [0.25, 0.3) is 11.1 Å². The third-order valence-corrected chi connectivity index (χ3v) is 5.84. The molecule has 5 heteroatoms. The number of hydrogen-bond acceptors (Lipinski definition) is 3. The Hall–Kier alpha value is -2.07. The van der Waals surface area contributed by atoms with E-state index < -0.39 is 11.3 Å². The van der Waals surface area contributed by atoms with Crippen LogP contribution in [0.1, 0.15) is 65.7 Å². The van der Waals surface area contributed by atoms with E-state index >= 15 is 0 Å². The number of unbranched alkanes of at least 4 members (excludes halogenated alkanes) is 6. The smallest absolute Gasteiger partial charge is 0.329 e. The summed E-state index contributed by atoms with van der Waals surface area (Å²) in [5.41, 5.74) is 1.56. The molecule has 0 N–H and O–H groups in total. The Bertz CT molecular complexity index is 805. The molecule has 31 heavy (non-hydrogen) atoms. The molecule has 0 fully saturated rings. The second-order valence-corrected chi connectivity index (χ2v) is 8.68. The number of ether oxygens (including phenoxy) is 2. The van der Waals surface area contributed by atoms with Crippen LogP contribution in [0, 0.1) is 11.7 Å². The molecule has 2 aromatic carbocycles. The molecular weight excluding hydrogens is 415 g/mol. The fourth-order valence-corrected chi connectivity index (χ4v) is 3.24. The number of esters is 1. The number of alkyl halides is 1. The summed E-state index contributed by atoms with van der Waals surface area (Å²) in [6.45, 7) is 6.46. The number of hydrogen-bond donors (Lipinski definition) is 0. The van der Waals surface area contributed by atoms with E-state index in [9.17, 15) is 9.18 Å². The zero-order chi connectivity index (χ0) is 22.6. The fraction of sp³-hybridized carbons (Fsp3) is 0.500. The maximum atomic E-state index is 14.5. The van der Waals surface area contributed by atoms with Gasteiger partial charge in [-0.3, -0.25) is 4.79 Å². The first-order valence-corrected chi connectivity index (χ1v) is 11.7. The van der Waals surface area contributed by atoms with Gasteiger partial charge in [-0.1, -0.05) is 77.5 Å². The highest BCUT2D eigenvalue weighted by molar-refractivity contribution is 6.30. The Morgan fingerprint density at radius 1 is 0.935 bits per heavy atom. The zero-order valence-corrected chi connectivity index (χ0v) is 19.6. The molecule has 170 valence electrons. The number of carbonyl (C=O) groups excluding carboxylic acids is 1. The molecular formula is C26H34ClFO3. The standard InChI is InChI=1S/C26H34ClFO3/c1-4-5-6-7-8-9-10-17-30-24-16-13-21(18-23(24)28)20-11-14-22(15-12-20)31-26(29)25(27)19(2)3/h11-16,18-19,25H,4-10,17H2,1-3H3. The highest BCUT2D eigenvalue weighted by atomic mass is 35.5. The van der Waals surface area contributed by atoms with Crippen LogP contribution in [0.5, 0.6) is 11.5 Å². The fourth-order valence-electron chi connectivity index (χ4n) is 3.20. The van der Waals surface area contributed by atoms with E-state index in [2.05, 4.69) is 6.92 Å². The van der Waals surface area contributed by atoms with Crippen LogP contribution in [0.3, 0.4) is 0 Å². The lowest BCUT2D eigenvalue weighted by Gasteiger charge is -2.13. The van der Waals surface area contributed by atoms with Crippen molar-refractivity contribution >= 4 is 17.6 Å². The van der Waals surface area contributed by atoms with E-state index in [0.717, 1.165) is 24.0 Å². The first-order valence-electron chi connectivity index (χ1n) is 11.3. The van der Waals surface area contributed by atoms with Gasteiger partial charge >= 0.3 is 5.97 Å². The summed E-state index contributed by atoms with van der Waals surface area (Å²) >= 11 is 6.03. The highest BCUT2D eigenvalue weighted by Gasteiger charge is 2.21. The van der Waals surface area contributed by atoms with Crippen molar-refractivity contribution in [2.45, 2.75) is 71.1 Å². The lowest BCUT2D eigenvalue weighted by atomic mass is 10.1. The van der Waals surface area contributed by atoms with E-state index in [0.29, 0.717) is 12.4 Å². The largest absolute Gasteiger partial charge is 0.491 e. The van der Waals surface area contributed by atoms with Gasteiger partial charge in [0.05, 0.1) is 6.61 Å². The minimum atomic E-state index is -0.692. The van der Waals surface area contributed by atoms with Gasteiger partial charge < -0.3 is 9.47 Å². The first-order chi connectivity index (χ1) is 14.9. The van der Waals surface area contributed by atoms with Crippen molar-refractivity contribution in [2.75, 3.05) is 6.61 Å². The van der Waals surface area contributed by atoms with Gasteiger partial charge in [0, 0.05) is 0 Å². The second-order valence-electron chi connectivity index (χ2n) is 8.21. The van der Waals surface area contributed by atoms with E-state index in [1.807, 2.05) is 19.9 Å². The third kappa shape index (κ3) is 8.53. The quantitative estimate of drug-likeness (QED) is 0.136. The predicted molar refractivity (Wildman–Crippen MR) is 125 cm³/mol. The molecule has 0 aliphatic heterocycles. The van der Waals surface area contributed by atoms with Crippen molar-refractivity contribution in [1.29, 1.82) is 0 Å². The van der Waals surface area contributed by atoms with Gasteiger partial charge in [0.25, 0.3) is 0 Å². The van der Waals surface area contributed by atoms with Gasteiger partial charge in [0.15, 0.2) is 11.6 Å². The maximum absolute atomic E-state index is 14.5. The molecule has 0 aliphatic carbocycles. The monoisotopic (exact) mass is 448 g/mol. The van der Waals surface area contributed by atoms with Crippen molar-refractivity contribution in [3.8, 4) is 22.6 Å². The van der Waals surface area contributed by atoms with E-state index in [1.54, 1.807) is 30.3 Å². The summed E-state index contributed by atoms with van der Waals surface area (Å²) in [6.07, 6.45) is 8.37. The minimum absolute atomic E-state index is 0.0112. The van der Waals surface area contributed by atoms with Crippen LogP contribution in [0.4, 0.5) is 4.39 Å². The van der Waals surface area contributed by atoms with Crippen molar-refractivity contribution in [1.82, 2.24) is 0 Å². The lowest BCUT2D eigenvalue weighted by molar-refractivity contribution is -0.134. The Balaban J connectivity index is 1.84. The zero-order valence-electron chi connectivity index (χ0n) is 18.8. The number of halogens is 2. The Morgan fingerprint density at radius 2 is 1.55 bits per heavy atom. The van der Waals surface area contributed by atoms with E-state index in [-0.39, 0.29) is 17.5 Å². The molecule has 1 atom stereocenters. The molecule has 0 radical (unpaired) electrons. The first kappa shape index (κ1) is 25.2. The van der Waals surface area contributed by atoms with Gasteiger partial charge in [-0.25, -0.2) is 4.39 Å². The highest BCUT2D eigenvalue weighted by Crippen LogP contribution is 2.28. The molecule has 1 unspecified atom stereocenters. The predicted octanol–water partition coefficient (Wildman–Crippen LogP) is 7.79. The van der Waals surface area contributed by atoms with Crippen molar-refractivity contribution in [3.05, 3.63) is 48.3 Å². The molecule has 0 heterocycles. The van der Waals surface area contributed by atoms with Gasteiger partial charge in [-0.05, 0) is 47.7 Å². The molecule has 0 aromatic heterocycles. The van der Waals surface area contributed by atoms with Crippen LogP contribution in [-0.2, 0) is 4.79 Å². The third-order valence-electron chi connectivity index (χ3n) is 5.15. The Kier molecular flexibility index (Phi) is 10.9. The maximum Gasteiger partial charge on any atom is 0.329 e. The summed E-state index contributed by atoms with van der Waals surface area (Å²) < 4.78 is 25.4. The lowest BCUT2D eigenvalue weighted by Crippen LogP contribution is -2.25. The summed E-state index contributed by atoms with van der Waals surface area (Å²) in [5, 5.41) is -0.692. The molecule has 0 saturated heterocycles. The Morgan fingerprint density at radius 3 is 2.16 bits per heavy atom. The summed E-state index contributed by atoms with van der Waals surface area (Å²) in [7, 11) is 0. The van der Waals surface area contributed by atoms with Crippen LogP contribution in [-0.4, -0.2) is 18.0 Å². The molecule has 0 aliphatic rings. The molecule has 0 saturated carbocycles. The van der Waals surface area contributed by atoms with Gasteiger partial charge in [-0.2, -0.15) is 0 Å². The summed E-state index contributed by atoms with van der Waals surface area (Å²) in [6, 6.07) is 11.9. The minimum Gasteiger partial charge on any atom is -0.491 e. The molecule has 0 amide bonds. The van der Waals surface area contributed by atoms with Crippen molar-refractivity contribution < 1.29 is 18.7 Å². The SMILES string of the molecule is CCCCCCCCCOc1ccc(-c2ccc(OC(=O)C(Cl)C(C)C)cc2)cc1F. The summed E-state index contributed by atoms with van der Waals surface area (Å²) in [4.78, 5) is 12.0. The van der Waals surface area contributed by atoms with Gasteiger partial charge in [-0.15, -0.1) is 11.6 Å². The topological polar surface area (TPSA) is 35.5 Å². The number of benzene rings is 2. The molecule has 0 spiro atoms. The molecule has 2 rings (SSSR count). The van der Waals surface area contributed by atoms with Crippen LogP contribution in [0.2, 0.25) is 0 Å². The van der Waals surface area contributed by atoms with E-state index in [4.69, 9.17) is 21.1 Å². The van der Waals surface area contributed by atoms with E-state index in [1.165, 1.54) is 38.2 Å².